The van der Waals surface area contributed by atoms with E-state index in [2.05, 4.69) is 13.2 Å². The van der Waals surface area contributed by atoms with Crippen molar-refractivity contribution >= 4 is 11.8 Å². The summed E-state index contributed by atoms with van der Waals surface area (Å²) >= 11 is 0. The van der Waals surface area contributed by atoms with Crippen LogP contribution in [0.4, 0.5) is 0 Å². The molecular formula is C15H18O3. The number of Topliss-reactive ketones (excluding diaryl/α,β-unsaturated/α-hetero) is 1. The SMILES string of the molecule is C=C1C(=O)O[C@H]2C1CCC(=C)[C@@H]1CC(=O)[C@@H](C)C21. The Morgan fingerprint density at radius 2 is 1.94 bits per heavy atom. The minimum atomic E-state index is -0.275. The van der Waals surface area contributed by atoms with E-state index in [1.165, 1.54) is 0 Å². The molecular weight excluding hydrogens is 228 g/mol. The van der Waals surface area contributed by atoms with E-state index in [0.717, 1.165) is 18.4 Å². The van der Waals surface area contributed by atoms with Crippen LogP contribution in [-0.4, -0.2) is 17.9 Å². The van der Waals surface area contributed by atoms with E-state index < -0.39 is 0 Å². The maximum atomic E-state index is 11.9. The lowest BCUT2D eigenvalue weighted by Crippen LogP contribution is -2.32. The monoisotopic (exact) mass is 246 g/mol. The van der Waals surface area contributed by atoms with Gasteiger partial charge in [-0.05, 0) is 18.8 Å². The van der Waals surface area contributed by atoms with Crippen molar-refractivity contribution in [2.24, 2.45) is 23.7 Å². The van der Waals surface area contributed by atoms with Crippen LogP contribution in [0.3, 0.4) is 0 Å². The Morgan fingerprint density at radius 1 is 1.22 bits per heavy atom. The van der Waals surface area contributed by atoms with E-state index in [4.69, 9.17) is 4.74 Å². The molecule has 2 unspecified atom stereocenters. The summed E-state index contributed by atoms with van der Waals surface area (Å²) in [4.78, 5) is 23.6. The second kappa shape index (κ2) is 3.81. The molecule has 0 aromatic heterocycles. The summed E-state index contributed by atoms with van der Waals surface area (Å²) in [5, 5.41) is 0. The zero-order valence-electron chi connectivity index (χ0n) is 10.6. The Kier molecular flexibility index (Phi) is 2.47. The largest absolute Gasteiger partial charge is 0.458 e. The Hall–Kier alpha value is -1.38. The molecule has 3 rings (SSSR count). The van der Waals surface area contributed by atoms with Gasteiger partial charge in [0.1, 0.15) is 11.9 Å². The number of hydrogen-bond donors (Lipinski definition) is 0. The minimum Gasteiger partial charge on any atom is -0.458 e. The summed E-state index contributed by atoms with van der Waals surface area (Å²) in [7, 11) is 0. The van der Waals surface area contributed by atoms with Crippen LogP contribution >= 0.6 is 0 Å². The molecule has 3 fully saturated rings. The second-order valence-corrected chi connectivity index (χ2v) is 5.84. The molecule has 2 aliphatic carbocycles. The lowest BCUT2D eigenvalue weighted by atomic mass is 9.79. The van der Waals surface area contributed by atoms with Crippen LogP contribution in [-0.2, 0) is 14.3 Å². The van der Waals surface area contributed by atoms with Crippen LogP contribution < -0.4 is 0 Å². The summed E-state index contributed by atoms with van der Waals surface area (Å²) in [5.74, 6) is 0.360. The first-order chi connectivity index (χ1) is 8.50. The number of esters is 1. The van der Waals surface area contributed by atoms with E-state index in [0.29, 0.717) is 12.0 Å². The van der Waals surface area contributed by atoms with Crippen molar-refractivity contribution in [2.45, 2.75) is 32.3 Å². The molecule has 96 valence electrons. The Bertz CT molecular complexity index is 462. The number of carbonyl (C=O) groups excluding carboxylic acids is 2. The summed E-state index contributed by atoms with van der Waals surface area (Å²) in [6.07, 6.45) is 2.16. The van der Waals surface area contributed by atoms with Crippen molar-refractivity contribution < 1.29 is 14.3 Å². The van der Waals surface area contributed by atoms with Crippen LogP contribution in [0.5, 0.6) is 0 Å². The normalized spacial score (nSPS) is 43.5. The van der Waals surface area contributed by atoms with Crippen molar-refractivity contribution in [1.82, 2.24) is 0 Å². The molecule has 1 saturated heterocycles. The summed E-state index contributed by atoms with van der Waals surface area (Å²) < 4.78 is 5.51. The Balaban J connectivity index is 2.01. The molecule has 2 saturated carbocycles. The predicted molar refractivity (Wildman–Crippen MR) is 66.7 cm³/mol. The molecule has 18 heavy (non-hydrogen) atoms. The van der Waals surface area contributed by atoms with Crippen molar-refractivity contribution in [3.8, 4) is 0 Å². The molecule has 0 spiro atoms. The van der Waals surface area contributed by atoms with Crippen molar-refractivity contribution in [1.29, 1.82) is 0 Å². The van der Waals surface area contributed by atoms with E-state index in [1.54, 1.807) is 0 Å². The third-order valence-corrected chi connectivity index (χ3v) is 5.00. The molecule has 3 heteroatoms. The lowest BCUT2D eigenvalue weighted by Gasteiger charge is -2.27. The molecule has 5 atom stereocenters. The van der Waals surface area contributed by atoms with Gasteiger partial charge >= 0.3 is 5.97 Å². The average molecular weight is 246 g/mol. The smallest absolute Gasteiger partial charge is 0.334 e. The van der Waals surface area contributed by atoms with E-state index in [1.807, 2.05) is 6.92 Å². The molecule has 3 nitrogen and oxygen atoms in total. The summed E-state index contributed by atoms with van der Waals surface area (Å²) in [6.45, 7) is 9.95. The van der Waals surface area contributed by atoms with Crippen LogP contribution in [0.15, 0.2) is 24.3 Å². The molecule has 0 N–H and O–H groups in total. The molecule has 0 aromatic carbocycles. The fraction of sp³-hybridized carbons (Fsp3) is 0.600. The van der Waals surface area contributed by atoms with E-state index >= 15 is 0 Å². The molecule has 0 aromatic rings. The predicted octanol–water partition coefficient (Wildman–Crippen LogP) is 2.28. The number of hydrogen-bond acceptors (Lipinski definition) is 3. The first-order valence-electron chi connectivity index (χ1n) is 6.61. The van der Waals surface area contributed by atoms with Gasteiger partial charge in [-0.2, -0.15) is 0 Å². The van der Waals surface area contributed by atoms with Crippen molar-refractivity contribution in [3.63, 3.8) is 0 Å². The van der Waals surface area contributed by atoms with Gasteiger partial charge < -0.3 is 4.74 Å². The topological polar surface area (TPSA) is 43.4 Å². The summed E-state index contributed by atoms with van der Waals surface area (Å²) in [5.41, 5.74) is 1.73. The maximum Gasteiger partial charge on any atom is 0.334 e. The quantitative estimate of drug-likeness (QED) is 0.374. The number of carbonyl (C=O) groups is 2. The third-order valence-electron chi connectivity index (χ3n) is 5.00. The second-order valence-electron chi connectivity index (χ2n) is 5.84. The molecule has 0 amide bonds. The lowest BCUT2D eigenvalue weighted by molar-refractivity contribution is -0.143. The van der Waals surface area contributed by atoms with Crippen molar-refractivity contribution in [2.75, 3.05) is 0 Å². The van der Waals surface area contributed by atoms with Gasteiger partial charge in [-0.15, -0.1) is 0 Å². The first-order valence-corrected chi connectivity index (χ1v) is 6.61. The van der Waals surface area contributed by atoms with Crippen LogP contribution in [0, 0.1) is 23.7 Å². The Morgan fingerprint density at radius 3 is 2.67 bits per heavy atom. The zero-order valence-corrected chi connectivity index (χ0v) is 10.6. The fourth-order valence-corrected chi connectivity index (χ4v) is 3.87. The number of rotatable bonds is 0. The van der Waals surface area contributed by atoms with Gasteiger partial charge in [0.15, 0.2) is 0 Å². The molecule has 1 heterocycles. The van der Waals surface area contributed by atoms with Crippen LogP contribution in [0.1, 0.15) is 26.2 Å². The van der Waals surface area contributed by atoms with Gasteiger partial charge in [0, 0.05) is 29.7 Å². The highest BCUT2D eigenvalue weighted by Gasteiger charge is 2.54. The zero-order chi connectivity index (χ0) is 13.0. The first kappa shape index (κ1) is 11.7. The van der Waals surface area contributed by atoms with Gasteiger partial charge in [-0.25, -0.2) is 4.79 Å². The highest BCUT2D eigenvalue weighted by molar-refractivity contribution is 5.91. The summed E-state index contributed by atoms with van der Waals surface area (Å²) in [6, 6.07) is 0. The maximum absolute atomic E-state index is 11.9. The molecule has 0 radical (unpaired) electrons. The fourth-order valence-electron chi connectivity index (χ4n) is 3.87. The molecule has 1 aliphatic heterocycles. The van der Waals surface area contributed by atoms with Crippen LogP contribution in [0.25, 0.3) is 0 Å². The van der Waals surface area contributed by atoms with Gasteiger partial charge in [-0.3, -0.25) is 4.79 Å². The van der Waals surface area contributed by atoms with Gasteiger partial charge in [0.05, 0.1) is 0 Å². The number of ether oxygens (including phenoxy) is 1. The minimum absolute atomic E-state index is 0.0314. The standard InChI is InChI=1S/C15H18O3/c1-7-4-5-10-8(2)15(17)18-14(10)13-9(3)12(16)6-11(7)13/h9-11,13-14H,1-2,4-6H2,3H3/t9-,10?,11+,13?,14+/m1/s1. The van der Waals surface area contributed by atoms with Crippen LogP contribution in [0.2, 0.25) is 0 Å². The average Bonchev–Trinajstić information content (AvgIpc) is 2.72. The highest BCUT2D eigenvalue weighted by Crippen LogP contribution is 2.51. The van der Waals surface area contributed by atoms with E-state index in [-0.39, 0.29) is 41.5 Å². The van der Waals surface area contributed by atoms with Gasteiger partial charge in [0.2, 0.25) is 0 Å². The van der Waals surface area contributed by atoms with Crippen molar-refractivity contribution in [3.05, 3.63) is 24.3 Å². The van der Waals surface area contributed by atoms with Gasteiger partial charge in [-0.1, -0.05) is 25.7 Å². The number of fused-ring (bicyclic) bond motifs is 3. The highest BCUT2D eigenvalue weighted by atomic mass is 16.6. The number of ketones is 1. The third kappa shape index (κ3) is 1.43. The number of allylic oxidation sites excluding steroid dienone is 1. The van der Waals surface area contributed by atoms with E-state index in [9.17, 15) is 9.59 Å². The molecule has 0 bridgehead atoms. The van der Waals surface area contributed by atoms with Gasteiger partial charge in [0.25, 0.3) is 0 Å². The molecule has 3 aliphatic rings. The Labute approximate surface area is 107 Å².